The number of carbonyl (C=O) groups excluding carboxylic acids is 3. The smallest absolute Gasteiger partial charge is 0.369 e. The molecular weight excluding hydrogens is 653 g/mol. The highest BCUT2D eigenvalue weighted by Gasteiger charge is 2.40. The number of fused-ring (bicyclic) bond motifs is 1. The predicted octanol–water partition coefficient (Wildman–Crippen LogP) is 7.91. The molecule has 1 aliphatic carbocycles. The van der Waals surface area contributed by atoms with Gasteiger partial charge in [-0.05, 0) is 59.7 Å². The summed E-state index contributed by atoms with van der Waals surface area (Å²) >= 11 is 0. The van der Waals surface area contributed by atoms with Gasteiger partial charge in [0, 0.05) is 23.0 Å². The first-order valence-corrected chi connectivity index (χ1v) is 17.4. The van der Waals surface area contributed by atoms with Crippen molar-refractivity contribution in [1.29, 1.82) is 0 Å². The molecule has 0 aromatic heterocycles. The zero-order valence-electron chi connectivity index (χ0n) is 28.4. The number of nitrogens with two attached hydrogens (primary N) is 1. The summed E-state index contributed by atoms with van der Waals surface area (Å²) in [6.07, 6.45) is -1.19. The zero-order valence-corrected chi connectivity index (χ0v) is 28.4. The molecule has 10 heteroatoms. The van der Waals surface area contributed by atoms with E-state index in [9.17, 15) is 27.6 Å². The van der Waals surface area contributed by atoms with Crippen molar-refractivity contribution in [3.63, 3.8) is 0 Å². The fourth-order valence-corrected chi connectivity index (χ4v) is 6.77. The number of amides is 3. The maximum absolute atomic E-state index is 14.7. The van der Waals surface area contributed by atoms with Gasteiger partial charge < -0.3 is 16.0 Å². The zero-order chi connectivity index (χ0) is 36.1. The van der Waals surface area contributed by atoms with E-state index in [1.54, 1.807) is 17.0 Å². The van der Waals surface area contributed by atoms with E-state index in [1.807, 2.05) is 73.7 Å². The molecule has 1 heterocycles. The summed E-state index contributed by atoms with van der Waals surface area (Å²) in [6, 6.07) is 29.1. The lowest BCUT2D eigenvalue weighted by Crippen LogP contribution is -2.50. The first-order chi connectivity index (χ1) is 24.5. The van der Waals surface area contributed by atoms with Crippen molar-refractivity contribution < 1.29 is 27.6 Å². The fourth-order valence-electron chi connectivity index (χ4n) is 6.77. The van der Waals surface area contributed by atoms with Crippen molar-refractivity contribution in [3.05, 3.63) is 125 Å². The van der Waals surface area contributed by atoms with Crippen LogP contribution in [-0.2, 0) is 27.1 Å². The van der Waals surface area contributed by atoms with E-state index in [0.717, 1.165) is 48.9 Å². The molecule has 1 saturated carbocycles. The summed E-state index contributed by atoms with van der Waals surface area (Å²) in [7, 11) is 0. The molecule has 0 spiro atoms. The number of halogens is 3. The maximum Gasteiger partial charge on any atom is 0.416 e. The lowest BCUT2D eigenvalue weighted by molar-refractivity contribution is -0.137. The van der Waals surface area contributed by atoms with E-state index in [0.29, 0.717) is 46.8 Å². The van der Waals surface area contributed by atoms with Crippen LogP contribution in [0.2, 0.25) is 0 Å². The van der Waals surface area contributed by atoms with E-state index in [-0.39, 0.29) is 6.54 Å². The van der Waals surface area contributed by atoms with E-state index in [2.05, 4.69) is 5.32 Å². The Balaban J connectivity index is 1.37. The molecule has 6 rings (SSSR count). The molecule has 3 N–H and O–H groups in total. The van der Waals surface area contributed by atoms with Crippen LogP contribution in [0.25, 0.3) is 11.1 Å². The normalized spacial score (nSPS) is 17.2. The van der Waals surface area contributed by atoms with Gasteiger partial charge in [0.2, 0.25) is 18.0 Å². The highest BCUT2D eigenvalue weighted by Crippen LogP contribution is 2.39. The molecule has 1 fully saturated rings. The Hall–Kier alpha value is -5.25. The Morgan fingerprint density at radius 1 is 0.882 bits per heavy atom. The quantitative estimate of drug-likeness (QED) is 0.149. The van der Waals surface area contributed by atoms with Crippen molar-refractivity contribution >= 4 is 29.1 Å². The SMILES string of the molecule is CCCCC(C(N)=O)C(CC1CC1)C(=O)NC1N=C(c2ccccc2)c2ccccc2N(Cc2cccc(-c3ccc(C(F)(F)F)cc3)c2)C1=O. The second-order valence-electron chi connectivity index (χ2n) is 13.4. The van der Waals surface area contributed by atoms with Crippen molar-refractivity contribution in [3.8, 4) is 11.1 Å². The number of nitrogens with zero attached hydrogens (tertiary/aromatic N) is 2. The van der Waals surface area contributed by atoms with Gasteiger partial charge in [-0.15, -0.1) is 0 Å². The number of nitrogens with one attached hydrogen (secondary N) is 1. The van der Waals surface area contributed by atoms with Crippen molar-refractivity contribution in [2.24, 2.45) is 28.5 Å². The van der Waals surface area contributed by atoms with Gasteiger partial charge in [0.05, 0.1) is 23.5 Å². The van der Waals surface area contributed by atoms with Crippen LogP contribution in [0.1, 0.15) is 67.7 Å². The van der Waals surface area contributed by atoms with Crippen molar-refractivity contribution in [2.75, 3.05) is 4.90 Å². The van der Waals surface area contributed by atoms with E-state index < -0.39 is 47.5 Å². The number of hydrogen-bond donors (Lipinski definition) is 2. The van der Waals surface area contributed by atoms with Crippen LogP contribution in [0.4, 0.5) is 18.9 Å². The number of benzodiazepines with no additional fused rings is 1. The molecule has 0 saturated heterocycles. The Kier molecular flexibility index (Phi) is 10.7. The van der Waals surface area contributed by atoms with E-state index in [4.69, 9.17) is 10.7 Å². The molecule has 7 nitrogen and oxygen atoms in total. The number of carbonyl (C=O) groups is 3. The van der Waals surface area contributed by atoms with Crippen molar-refractivity contribution in [1.82, 2.24) is 5.32 Å². The highest BCUT2D eigenvalue weighted by atomic mass is 19.4. The van der Waals surface area contributed by atoms with Crippen LogP contribution in [-0.4, -0.2) is 29.6 Å². The Morgan fingerprint density at radius 3 is 2.24 bits per heavy atom. The van der Waals surface area contributed by atoms with Crippen molar-refractivity contribution in [2.45, 2.75) is 64.3 Å². The molecule has 0 bridgehead atoms. The van der Waals surface area contributed by atoms with Gasteiger partial charge in [-0.3, -0.25) is 14.4 Å². The molecule has 1 aliphatic heterocycles. The third-order valence-electron chi connectivity index (χ3n) is 9.69. The van der Waals surface area contributed by atoms with Gasteiger partial charge in [-0.1, -0.05) is 111 Å². The van der Waals surface area contributed by atoms with Crippen LogP contribution in [0, 0.1) is 17.8 Å². The number of anilines is 1. The van der Waals surface area contributed by atoms with Crippen LogP contribution < -0.4 is 16.0 Å². The molecule has 4 aromatic rings. The third-order valence-corrected chi connectivity index (χ3v) is 9.69. The minimum atomic E-state index is -4.44. The minimum Gasteiger partial charge on any atom is -0.369 e. The Labute approximate surface area is 295 Å². The topological polar surface area (TPSA) is 105 Å². The number of rotatable bonds is 13. The molecule has 51 heavy (non-hydrogen) atoms. The van der Waals surface area contributed by atoms with E-state index in [1.165, 1.54) is 12.1 Å². The van der Waals surface area contributed by atoms with Gasteiger partial charge in [0.15, 0.2) is 0 Å². The average molecular weight is 695 g/mol. The standard InChI is InChI=1S/C41H41F3N4O3/c1-2-3-14-32(37(45)49)34(24-26-17-18-26)39(50)47-38-40(51)48(35-16-8-7-15-33(35)36(46-38)29-11-5-4-6-12-29)25-27-10-9-13-30(23-27)28-19-21-31(22-20-28)41(42,43)44/h4-13,15-16,19-23,26,32,34,38H,2-3,14,17-18,24-25H2,1H3,(H2,45,49)(H,47,50). The van der Waals surface area contributed by atoms with Gasteiger partial charge in [-0.2, -0.15) is 13.2 Å². The second-order valence-corrected chi connectivity index (χ2v) is 13.4. The number of benzene rings is 4. The number of para-hydroxylation sites is 1. The predicted molar refractivity (Wildman–Crippen MR) is 192 cm³/mol. The van der Waals surface area contributed by atoms with Crippen LogP contribution >= 0.6 is 0 Å². The van der Waals surface area contributed by atoms with Crippen LogP contribution in [0.3, 0.4) is 0 Å². The summed E-state index contributed by atoms with van der Waals surface area (Å²) in [5, 5.41) is 2.94. The largest absolute Gasteiger partial charge is 0.416 e. The molecule has 3 atom stereocenters. The Bertz CT molecular complexity index is 1910. The lowest BCUT2D eigenvalue weighted by Gasteiger charge is -2.28. The molecule has 3 unspecified atom stereocenters. The second kappa shape index (κ2) is 15.3. The van der Waals surface area contributed by atoms with Crippen LogP contribution in [0.5, 0.6) is 0 Å². The number of alkyl halides is 3. The summed E-state index contributed by atoms with van der Waals surface area (Å²) in [6.45, 7) is 2.11. The third kappa shape index (κ3) is 8.39. The molecule has 3 amide bonds. The summed E-state index contributed by atoms with van der Waals surface area (Å²) in [5.74, 6) is -2.43. The average Bonchev–Trinajstić information content (AvgIpc) is 3.97. The number of hydrogen-bond acceptors (Lipinski definition) is 4. The molecular formula is C41H41F3N4O3. The number of primary amides is 1. The molecule has 0 radical (unpaired) electrons. The molecule has 2 aliphatic rings. The number of aliphatic imine (C=N–C) groups is 1. The van der Waals surface area contributed by atoms with E-state index >= 15 is 0 Å². The van der Waals surface area contributed by atoms with Gasteiger partial charge in [0.25, 0.3) is 5.91 Å². The van der Waals surface area contributed by atoms with Gasteiger partial charge in [-0.25, -0.2) is 4.99 Å². The summed E-state index contributed by atoms with van der Waals surface area (Å²) in [4.78, 5) is 48.0. The summed E-state index contributed by atoms with van der Waals surface area (Å²) < 4.78 is 39.7. The minimum absolute atomic E-state index is 0.0974. The molecule has 4 aromatic carbocycles. The van der Waals surface area contributed by atoms with Gasteiger partial charge >= 0.3 is 6.18 Å². The number of unbranched alkanes of at least 4 members (excludes halogenated alkanes) is 1. The van der Waals surface area contributed by atoms with Gasteiger partial charge in [0.1, 0.15) is 0 Å². The summed E-state index contributed by atoms with van der Waals surface area (Å²) in [5.41, 5.74) is 9.73. The van der Waals surface area contributed by atoms with Crippen LogP contribution in [0.15, 0.2) is 108 Å². The molecule has 264 valence electrons. The first-order valence-electron chi connectivity index (χ1n) is 17.4. The Morgan fingerprint density at radius 2 is 1.57 bits per heavy atom. The lowest BCUT2D eigenvalue weighted by atomic mass is 9.83. The first kappa shape index (κ1) is 35.6. The maximum atomic E-state index is 14.7. The monoisotopic (exact) mass is 694 g/mol. The highest BCUT2D eigenvalue weighted by molar-refractivity contribution is 6.20. The fraction of sp³-hybridized carbons (Fsp3) is 0.317.